The van der Waals surface area contributed by atoms with Gasteiger partial charge >= 0.3 is 0 Å². The van der Waals surface area contributed by atoms with Gasteiger partial charge in [-0.25, -0.2) is 0 Å². The van der Waals surface area contributed by atoms with E-state index in [0.717, 1.165) is 11.1 Å². The van der Waals surface area contributed by atoms with Crippen molar-refractivity contribution in [3.8, 4) is 0 Å². The van der Waals surface area contributed by atoms with Crippen LogP contribution in [0.15, 0.2) is 60.7 Å². The summed E-state index contributed by atoms with van der Waals surface area (Å²) in [4.78, 5) is 0. The molecule has 0 saturated carbocycles. The molecule has 0 spiro atoms. The Hall–Kier alpha value is -0.990. The highest BCUT2D eigenvalue weighted by molar-refractivity contribution is 7.58. The van der Waals surface area contributed by atoms with Crippen molar-refractivity contribution < 1.29 is 27.3 Å². The molecule has 0 aliphatic heterocycles. The van der Waals surface area contributed by atoms with Gasteiger partial charge in [0.25, 0.3) is 0 Å². The summed E-state index contributed by atoms with van der Waals surface area (Å²) in [5.41, 5.74) is 1.92. The molecule has 2 rings (SSSR count). The minimum absolute atomic E-state index is 0.0154. The Morgan fingerprint density at radius 1 is 0.641 bits per heavy atom. The quantitative estimate of drug-likeness (QED) is 0.169. The van der Waals surface area contributed by atoms with Crippen LogP contribution in [0.3, 0.4) is 0 Å². The van der Waals surface area contributed by atoms with E-state index in [4.69, 9.17) is 13.6 Å². The Morgan fingerprint density at radius 3 is 1.67 bits per heavy atom. The lowest BCUT2D eigenvalue weighted by Crippen LogP contribution is -2.17. The van der Waals surface area contributed by atoms with Crippen LogP contribution in [-0.4, -0.2) is 45.1 Å². The standard InChI is InChI=1S/C30H49O6P3/c1-24(2)26(4)34-39(8,33)23-21-25(3)30(28-18-13-10-14-19-28)36-38(7,32)22-15-20-29(35-37(5,6)31)27-16-11-9-12-17-27/h9-14,16-19,24-26,29-30H,15,20-23H2,1-8H3. The van der Waals surface area contributed by atoms with E-state index < -0.39 is 28.2 Å². The van der Waals surface area contributed by atoms with Crippen LogP contribution in [0.5, 0.6) is 0 Å². The molecule has 0 fully saturated rings. The zero-order valence-corrected chi connectivity index (χ0v) is 27.7. The van der Waals surface area contributed by atoms with Crippen LogP contribution in [0.2, 0.25) is 0 Å². The second-order valence-electron chi connectivity index (χ2n) is 11.6. The largest absolute Gasteiger partial charge is 0.325 e. The highest BCUT2D eigenvalue weighted by atomic mass is 31.2. The molecule has 0 aromatic heterocycles. The highest BCUT2D eigenvalue weighted by Gasteiger charge is 2.31. The van der Waals surface area contributed by atoms with Crippen LogP contribution in [-0.2, 0) is 27.3 Å². The Labute approximate surface area is 237 Å². The molecule has 0 radical (unpaired) electrons. The average molecular weight is 599 g/mol. The summed E-state index contributed by atoms with van der Waals surface area (Å²) < 4.78 is 57.5. The first-order valence-electron chi connectivity index (χ1n) is 13.9. The molecule has 0 amide bonds. The molecule has 9 heteroatoms. The lowest BCUT2D eigenvalue weighted by molar-refractivity contribution is 0.143. The molecule has 0 bridgehead atoms. The summed E-state index contributed by atoms with van der Waals surface area (Å²) >= 11 is 0. The van der Waals surface area contributed by atoms with E-state index in [1.807, 2.05) is 67.6 Å². The number of hydrogen-bond acceptors (Lipinski definition) is 6. The van der Waals surface area contributed by atoms with Crippen molar-refractivity contribution in [1.82, 2.24) is 0 Å². The molecular weight excluding hydrogens is 549 g/mol. The number of hydrogen-bond donors (Lipinski definition) is 0. The number of benzene rings is 2. The summed E-state index contributed by atoms with van der Waals surface area (Å²) in [6.45, 7) is 14.8. The maximum Gasteiger partial charge on any atom is 0.200 e. The second-order valence-corrected chi connectivity index (χ2v) is 19.7. The van der Waals surface area contributed by atoms with Crippen molar-refractivity contribution >= 4 is 22.1 Å². The van der Waals surface area contributed by atoms with Crippen LogP contribution in [0.1, 0.15) is 70.3 Å². The molecular formula is C30H49O6P3. The van der Waals surface area contributed by atoms with E-state index in [1.54, 1.807) is 26.7 Å². The Bertz CT molecular complexity index is 1130. The van der Waals surface area contributed by atoms with E-state index in [2.05, 4.69) is 20.8 Å². The summed E-state index contributed by atoms with van der Waals surface area (Å²) in [5, 5.41) is 0. The molecule has 2 aromatic rings. The fraction of sp³-hybridized carbons (Fsp3) is 0.600. The van der Waals surface area contributed by atoms with Crippen molar-refractivity contribution in [2.24, 2.45) is 11.8 Å². The molecule has 0 saturated heterocycles. The van der Waals surface area contributed by atoms with E-state index in [1.165, 1.54) is 0 Å². The topological polar surface area (TPSA) is 78.9 Å². The van der Waals surface area contributed by atoms with Crippen molar-refractivity contribution in [2.45, 2.75) is 65.3 Å². The zero-order chi connectivity index (χ0) is 29.3. The fourth-order valence-electron chi connectivity index (χ4n) is 4.36. The van der Waals surface area contributed by atoms with Crippen molar-refractivity contribution in [2.75, 3.05) is 39.0 Å². The summed E-state index contributed by atoms with van der Waals surface area (Å²) in [5.74, 6) is 0.272. The predicted octanol–water partition coefficient (Wildman–Crippen LogP) is 9.72. The zero-order valence-electron chi connectivity index (χ0n) is 25.0. The van der Waals surface area contributed by atoms with Crippen molar-refractivity contribution in [3.63, 3.8) is 0 Å². The average Bonchev–Trinajstić information content (AvgIpc) is 2.85. The van der Waals surface area contributed by atoms with Gasteiger partial charge in [-0.05, 0) is 49.1 Å². The van der Waals surface area contributed by atoms with Crippen LogP contribution >= 0.6 is 22.1 Å². The lowest BCUT2D eigenvalue weighted by Gasteiger charge is -2.30. The van der Waals surface area contributed by atoms with Crippen LogP contribution in [0.25, 0.3) is 0 Å². The van der Waals surface area contributed by atoms with Crippen LogP contribution in [0, 0.1) is 11.8 Å². The highest BCUT2D eigenvalue weighted by Crippen LogP contribution is 2.53. The summed E-state index contributed by atoms with van der Waals surface area (Å²) in [6, 6.07) is 19.6. The van der Waals surface area contributed by atoms with Gasteiger partial charge in [0.15, 0.2) is 14.7 Å². The summed E-state index contributed by atoms with van der Waals surface area (Å²) in [7, 11) is -8.48. The van der Waals surface area contributed by atoms with Crippen LogP contribution < -0.4 is 0 Å². The maximum absolute atomic E-state index is 13.7. The third kappa shape index (κ3) is 13.0. The van der Waals surface area contributed by atoms with Gasteiger partial charge < -0.3 is 13.6 Å². The minimum atomic E-state index is -2.99. The molecule has 220 valence electrons. The third-order valence-electron chi connectivity index (χ3n) is 6.88. The van der Waals surface area contributed by atoms with Gasteiger partial charge in [0.2, 0.25) is 7.37 Å². The smallest absolute Gasteiger partial charge is 0.200 e. The van der Waals surface area contributed by atoms with Gasteiger partial charge in [-0.2, -0.15) is 0 Å². The summed E-state index contributed by atoms with van der Waals surface area (Å²) in [6.07, 6.45) is 1.85. The predicted molar refractivity (Wildman–Crippen MR) is 165 cm³/mol. The van der Waals surface area contributed by atoms with Crippen molar-refractivity contribution in [3.05, 3.63) is 71.8 Å². The monoisotopic (exact) mass is 598 g/mol. The molecule has 39 heavy (non-hydrogen) atoms. The van der Waals surface area contributed by atoms with Gasteiger partial charge in [-0.3, -0.25) is 13.7 Å². The SMILES string of the molecule is CC(C)C(C)OP(C)(=O)CCC(C)C(OP(C)(=O)CCCC(OP(C)(C)=O)c1ccccc1)c1ccccc1. The van der Waals surface area contributed by atoms with Gasteiger partial charge in [-0.15, -0.1) is 0 Å². The normalized spacial score (nSPS) is 18.6. The van der Waals surface area contributed by atoms with E-state index in [9.17, 15) is 13.7 Å². The van der Waals surface area contributed by atoms with Crippen LogP contribution in [0.4, 0.5) is 0 Å². The molecule has 6 unspecified atom stereocenters. The van der Waals surface area contributed by atoms with Gasteiger partial charge in [0.1, 0.15) is 0 Å². The lowest BCUT2D eigenvalue weighted by atomic mass is 9.95. The molecule has 0 N–H and O–H groups in total. The Morgan fingerprint density at radius 2 is 1.15 bits per heavy atom. The Kier molecular flexibility index (Phi) is 13.4. The first kappa shape index (κ1) is 34.2. The van der Waals surface area contributed by atoms with E-state index >= 15 is 0 Å². The van der Waals surface area contributed by atoms with Gasteiger partial charge in [0, 0.05) is 39.0 Å². The van der Waals surface area contributed by atoms with E-state index in [-0.39, 0.29) is 24.0 Å². The van der Waals surface area contributed by atoms with E-state index in [0.29, 0.717) is 31.6 Å². The first-order valence-corrected chi connectivity index (χ1v) is 20.9. The molecule has 0 heterocycles. The molecule has 6 atom stereocenters. The maximum atomic E-state index is 13.7. The Balaban J connectivity index is 2.09. The minimum Gasteiger partial charge on any atom is -0.325 e. The molecule has 0 aliphatic carbocycles. The first-order chi connectivity index (χ1) is 18.1. The molecule has 2 aromatic carbocycles. The van der Waals surface area contributed by atoms with Gasteiger partial charge in [-0.1, -0.05) is 81.4 Å². The third-order valence-corrected chi connectivity index (χ3v) is 11.3. The second kappa shape index (κ2) is 15.3. The van der Waals surface area contributed by atoms with Crippen molar-refractivity contribution in [1.29, 1.82) is 0 Å². The number of rotatable bonds is 17. The molecule has 0 aliphatic rings. The fourth-order valence-corrected chi connectivity index (χ4v) is 8.80. The molecule has 6 nitrogen and oxygen atoms in total. The van der Waals surface area contributed by atoms with Gasteiger partial charge in [0.05, 0.1) is 18.3 Å².